The van der Waals surface area contributed by atoms with Gasteiger partial charge in [-0.05, 0) is 55.8 Å². The normalized spacial score (nSPS) is 17.2. The fraction of sp³-hybridized carbons (Fsp3) is 0.357. The maximum atomic E-state index is 15.3. The molecule has 200 valence electrons. The fourth-order valence-electron chi connectivity index (χ4n) is 4.73. The summed E-state index contributed by atoms with van der Waals surface area (Å²) in [6.07, 6.45) is 1.72. The van der Waals surface area contributed by atoms with Crippen LogP contribution in [0.15, 0.2) is 60.8 Å². The Morgan fingerprint density at radius 3 is 2.42 bits per heavy atom. The molecule has 3 heterocycles. The monoisotopic (exact) mass is 527 g/mol. The van der Waals surface area contributed by atoms with Gasteiger partial charge in [-0.25, -0.2) is 4.39 Å². The first-order valence-corrected chi connectivity index (χ1v) is 12.5. The molecule has 2 atom stereocenters. The molecule has 2 aromatic carbocycles. The van der Waals surface area contributed by atoms with Crippen molar-refractivity contribution in [2.45, 2.75) is 30.9 Å². The van der Waals surface area contributed by atoms with E-state index in [9.17, 15) is 14.3 Å². The van der Waals surface area contributed by atoms with Crippen molar-refractivity contribution in [3.63, 3.8) is 0 Å². The Morgan fingerprint density at radius 2 is 1.74 bits per heavy atom. The van der Waals surface area contributed by atoms with E-state index in [1.165, 1.54) is 24.3 Å². The molecule has 2 aliphatic heterocycles. The SMILES string of the molecule is O=C(N[C@H](CN1CCCC1)[C@H](O)c1ccc2c(c1)OCCO2)C(F)(F)c1ccc(-c2ccc(F)cn2)cc1. The predicted octanol–water partition coefficient (Wildman–Crippen LogP) is 4.06. The molecule has 1 aromatic heterocycles. The number of hydrogen-bond donors (Lipinski definition) is 2. The number of aliphatic hydroxyl groups is 1. The first kappa shape index (κ1) is 26.0. The van der Waals surface area contributed by atoms with Crippen LogP contribution in [0.4, 0.5) is 13.2 Å². The lowest BCUT2D eigenvalue weighted by Gasteiger charge is -2.30. The van der Waals surface area contributed by atoms with Gasteiger partial charge in [-0.1, -0.05) is 30.3 Å². The maximum absolute atomic E-state index is 15.3. The van der Waals surface area contributed by atoms with Crippen LogP contribution < -0.4 is 14.8 Å². The van der Waals surface area contributed by atoms with Crippen LogP contribution in [-0.2, 0) is 10.7 Å². The van der Waals surface area contributed by atoms with Crippen molar-refractivity contribution in [1.82, 2.24) is 15.2 Å². The third-order valence-electron chi connectivity index (χ3n) is 6.81. The van der Waals surface area contributed by atoms with E-state index < -0.39 is 35.4 Å². The largest absolute Gasteiger partial charge is 0.486 e. The standard InChI is InChI=1S/C28H28F3N3O4/c29-21-8-9-22(32-16-21)18-3-6-20(7-4-18)28(30,31)27(36)33-23(17-34-11-1-2-12-34)26(35)19-5-10-24-25(15-19)38-14-13-37-24/h3-10,15-16,23,26,35H,1-2,11-14,17H2,(H,33,36)/t23-,26-/m1/s1. The van der Waals surface area contributed by atoms with Gasteiger partial charge in [0, 0.05) is 17.7 Å². The van der Waals surface area contributed by atoms with Crippen molar-refractivity contribution < 1.29 is 32.5 Å². The molecule has 5 rings (SSSR count). The highest BCUT2D eigenvalue weighted by molar-refractivity contribution is 5.85. The van der Waals surface area contributed by atoms with Gasteiger partial charge in [0.05, 0.1) is 17.9 Å². The van der Waals surface area contributed by atoms with Gasteiger partial charge >= 0.3 is 5.92 Å². The lowest BCUT2D eigenvalue weighted by Crippen LogP contribution is -2.50. The third kappa shape index (κ3) is 5.61. The van der Waals surface area contributed by atoms with E-state index >= 15 is 8.78 Å². The summed E-state index contributed by atoms with van der Waals surface area (Å²) in [4.78, 5) is 18.9. The third-order valence-corrected chi connectivity index (χ3v) is 6.81. The van der Waals surface area contributed by atoms with Crippen LogP contribution in [0.2, 0.25) is 0 Å². The number of nitrogens with zero attached hydrogens (tertiary/aromatic N) is 2. The van der Waals surface area contributed by atoms with E-state index in [2.05, 4.69) is 10.3 Å². The zero-order chi connectivity index (χ0) is 26.7. The minimum atomic E-state index is -3.86. The molecular formula is C28H28F3N3O4. The first-order chi connectivity index (χ1) is 18.3. The number of nitrogens with one attached hydrogen (secondary N) is 1. The Hall–Kier alpha value is -3.63. The van der Waals surface area contributed by atoms with Gasteiger partial charge in [-0.3, -0.25) is 9.78 Å². The van der Waals surface area contributed by atoms with E-state index in [4.69, 9.17) is 9.47 Å². The Morgan fingerprint density at radius 1 is 1.03 bits per heavy atom. The maximum Gasteiger partial charge on any atom is 0.349 e. The molecule has 3 aromatic rings. The molecule has 1 amide bonds. The van der Waals surface area contributed by atoms with Crippen LogP contribution in [0, 0.1) is 5.82 Å². The summed E-state index contributed by atoms with van der Waals surface area (Å²) in [6, 6.07) is 11.7. The Kier molecular flexibility index (Phi) is 7.53. The van der Waals surface area contributed by atoms with Gasteiger partial charge in [0.2, 0.25) is 0 Å². The Balaban J connectivity index is 1.34. The number of rotatable bonds is 8. The number of pyridine rings is 1. The first-order valence-electron chi connectivity index (χ1n) is 12.5. The summed E-state index contributed by atoms with van der Waals surface area (Å²) >= 11 is 0. The molecule has 38 heavy (non-hydrogen) atoms. The zero-order valence-corrected chi connectivity index (χ0v) is 20.6. The molecule has 1 fully saturated rings. The van der Waals surface area contributed by atoms with Crippen LogP contribution in [0.25, 0.3) is 11.3 Å². The topological polar surface area (TPSA) is 83.9 Å². The molecule has 10 heteroatoms. The number of amides is 1. The average molecular weight is 528 g/mol. The van der Waals surface area contributed by atoms with E-state index in [0.717, 1.165) is 44.3 Å². The lowest BCUT2D eigenvalue weighted by atomic mass is 9.99. The Bertz CT molecular complexity index is 1270. The quantitative estimate of drug-likeness (QED) is 0.460. The molecule has 1 saturated heterocycles. The number of ether oxygens (including phenoxy) is 2. The van der Waals surface area contributed by atoms with Crippen LogP contribution in [0.5, 0.6) is 11.5 Å². The molecule has 0 aliphatic carbocycles. The van der Waals surface area contributed by atoms with Crippen LogP contribution >= 0.6 is 0 Å². The summed E-state index contributed by atoms with van der Waals surface area (Å²) in [5.74, 6) is -4.87. The second kappa shape index (κ2) is 11.0. The minimum Gasteiger partial charge on any atom is -0.486 e. The van der Waals surface area contributed by atoms with Crippen molar-refractivity contribution in [3.8, 4) is 22.8 Å². The van der Waals surface area contributed by atoms with Gasteiger partial charge in [0.15, 0.2) is 11.5 Å². The molecule has 0 unspecified atom stereocenters. The van der Waals surface area contributed by atoms with Crippen molar-refractivity contribution >= 4 is 5.91 Å². The average Bonchev–Trinajstić information content (AvgIpc) is 3.45. The van der Waals surface area contributed by atoms with Crippen LogP contribution in [-0.4, -0.2) is 59.8 Å². The number of aliphatic hydroxyl groups excluding tert-OH is 1. The van der Waals surface area contributed by atoms with Crippen LogP contribution in [0.3, 0.4) is 0 Å². The fourth-order valence-corrected chi connectivity index (χ4v) is 4.73. The highest BCUT2D eigenvalue weighted by atomic mass is 19.3. The van der Waals surface area contributed by atoms with Crippen molar-refractivity contribution in [1.29, 1.82) is 0 Å². The number of aromatic nitrogens is 1. The second-order valence-electron chi connectivity index (χ2n) is 9.45. The zero-order valence-electron chi connectivity index (χ0n) is 20.6. The van der Waals surface area contributed by atoms with E-state index in [-0.39, 0.29) is 6.54 Å². The van der Waals surface area contributed by atoms with Gasteiger partial charge in [-0.15, -0.1) is 0 Å². The van der Waals surface area contributed by atoms with Crippen LogP contribution in [0.1, 0.15) is 30.1 Å². The molecule has 2 aliphatic rings. The second-order valence-corrected chi connectivity index (χ2v) is 9.45. The smallest absolute Gasteiger partial charge is 0.349 e. The summed E-state index contributed by atoms with van der Waals surface area (Å²) in [5.41, 5.74) is 0.845. The summed E-state index contributed by atoms with van der Waals surface area (Å²) in [7, 11) is 0. The number of halogens is 3. The van der Waals surface area contributed by atoms with E-state index in [0.29, 0.717) is 41.5 Å². The molecule has 0 spiro atoms. The number of fused-ring (bicyclic) bond motifs is 1. The number of benzene rings is 2. The lowest BCUT2D eigenvalue weighted by molar-refractivity contribution is -0.149. The summed E-state index contributed by atoms with van der Waals surface area (Å²) in [5, 5.41) is 13.6. The minimum absolute atomic E-state index is 0.215. The predicted molar refractivity (Wildman–Crippen MR) is 134 cm³/mol. The van der Waals surface area contributed by atoms with Gasteiger partial charge in [0.25, 0.3) is 5.91 Å². The summed E-state index contributed by atoms with van der Waals surface area (Å²) in [6.45, 7) is 2.51. The number of carbonyl (C=O) groups is 1. The van der Waals surface area contributed by atoms with Gasteiger partial charge < -0.3 is 24.8 Å². The van der Waals surface area contributed by atoms with Crippen molar-refractivity contribution in [3.05, 3.63) is 77.7 Å². The Labute approximate surface area is 218 Å². The highest BCUT2D eigenvalue weighted by Crippen LogP contribution is 2.35. The molecule has 0 radical (unpaired) electrons. The number of carbonyl (C=O) groups excluding carboxylic acids is 1. The molecule has 0 saturated carbocycles. The highest BCUT2D eigenvalue weighted by Gasteiger charge is 2.43. The van der Waals surface area contributed by atoms with E-state index in [1.807, 2.05) is 4.90 Å². The van der Waals surface area contributed by atoms with E-state index in [1.54, 1.807) is 18.2 Å². The molecule has 0 bridgehead atoms. The van der Waals surface area contributed by atoms with Crippen molar-refractivity contribution in [2.75, 3.05) is 32.8 Å². The number of likely N-dealkylation sites (tertiary alicyclic amines) is 1. The summed E-state index contributed by atoms with van der Waals surface area (Å²) < 4.78 is 54.8. The molecular weight excluding hydrogens is 499 g/mol. The molecule has 2 N–H and O–H groups in total. The number of hydrogen-bond acceptors (Lipinski definition) is 6. The van der Waals surface area contributed by atoms with Crippen molar-refractivity contribution in [2.24, 2.45) is 0 Å². The van der Waals surface area contributed by atoms with Gasteiger partial charge in [0.1, 0.15) is 25.1 Å². The molecule has 7 nitrogen and oxygen atoms in total. The van der Waals surface area contributed by atoms with Gasteiger partial charge in [-0.2, -0.15) is 8.78 Å². The number of alkyl halides is 2.